The Morgan fingerprint density at radius 1 is 1.05 bits per heavy atom. The number of benzene rings is 3. The van der Waals surface area contributed by atoms with Crippen LogP contribution in [0.2, 0.25) is 0 Å². The van der Waals surface area contributed by atoms with Crippen molar-refractivity contribution in [2.45, 2.75) is 87.5 Å². The molecule has 66 heavy (non-hydrogen) atoms. The lowest BCUT2D eigenvalue weighted by Gasteiger charge is -2.59. The van der Waals surface area contributed by atoms with Gasteiger partial charge in [0.15, 0.2) is 0 Å². The molecule has 3 heterocycles. The SMILES string of the molecule is C=CCOC12Oc3ccc(OCCN4CC4)cc3C3C(CCCCO)C(CCCCO)C=C(C(=NOCc4ccc([N+](=O)[O-])cc4)CC1N(CCC)S(=O)(=O)c1cccc4cccnc14)C32. The van der Waals surface area contributed by atoms with Crippen LogP contribution in [0.15, 0.2) is 113 Å². The van der Waals surface area contributed by atoms with Crippen LogP contribution in [0.1, 0.15) is 75.3 Å². The maximum atomic E-state index is 15.6. The fourth-order valence-electron chi connectivity index (χ4n) is 10.3. The average Bonchev–Trinajstić information content (AvgIpc) is 4.16. The summed E-state index contributed by atoms with van der Waals surface area (Å²) >= 11 is 0. The van der Waals surface area contributed by atoms with Crippen LogP contribution in [-0.4, -0.2) is 108 Å². The van der Waals surface area contributed by atoms with E-state index in [1.807, 2.05) is 31.2 Å². The summed E-state index contributed by atoms with van der Waals surface area (Å²) in [7, 11) is -4.34. The summed E-state index contributed by atoms with van der Waals surface area (Å²) in [4.78, 5) is 24.1. The molecule has 0 spiro atoms. The van der Waals surface area contributed by atoms with E-state index in [1.165, 1.54) is 16.4 Å². The molecular weight excluding hydrogens is 863 g/mol. The normalized spacial score (nSPS) is 24.0. The summed E-state index contributed by atoms with van der Waals surface area (Å²) in [6.45, 7) is 9.71. The van der Waals surface area contributed by atoms with E-state index in [1.54, 1.807) is 42.6 Å². The Bertz CT molecular complexity index is 2510. The number of nitro groups is 1. The van der Waals surface area contributed by atoms with Crippen molar-refractivity contribution < 1.29 is 42.6 Å². The van der Waals surface area contributed by atoms with Gasteiger partial charge in [0.25, 0.3) is 5.69 Å². The van der Waals surface area contributed by atoms with Crippen molar-refractivity contribution in [1.29, 1.82) is 0 Å². The van der Waals surface area contributed by atoms with Gasteiger partial charge in [0.05, 0.1) is 34.7 Å². The highest BCUT2D eigenvalue weighted by Crippen LogP contribution is 2.62. The van der Waals surface area contributed by atoms with E-state index in [0.29, 0.717) is 59.5 Å². The number of para-hydroxylation sites is 1. The van der Waals surface area contributed by atoms with Gasteiger partial charge in [-0.1, -0.05) is 55.3 Å². The molecule has 2 N–H and O–H groups in total. The Morgan fingerprint density at radius 2 is 1.82 bits per heavy atom. The zero-order chi connectivity index (χ0) is 46.3. The first-order valence-electron chi connectivity index (χ1n) is 23.3. The van der Waals surface area contributed by atoms with Crippen LogP contribution in [0.5, 0.6) is 11.5 Å². The number of aliphatic hydroxyl groups is 2. The lowest BCUT2D eigenvalue weighted by Crippen LogP contribution is -2.70. The molecule has 0 amide bonds. The standard InChI is InChI=1S/C50H61N5O10S/c1-3-23-54(66(60,61)45-15-9-12-36-13-10-22-51-49(36)45)46-33-43(52-64-34-35-16-18-38(19-17-35)55(58)59)41-31-37(11-5-7-27-56)40(14-6-8-28-57)47-42-32-39(62-30-26-53-24-25-53)20-21-44(42)65-50(46,48(41)47)63-29-4-2/h4,9-10,12-13,15-22,31-32,37,40,46-48,56-57H,2-3,5-8,11,14,23-30,33-34H2,1H3. The van der Waals surface area contributed by atoms with Gasteiger partial charge in [0.2, 0.25) is 15.8 Å². The number of aliphatic hydroxyl groups excluding tert-OH is 2. The number of oxime groups is 1. The van der Waals surface area contributed by atoms with Gasteiger partial charge in [0.1, 0.15) is 29.6 Å². The van der Waals surface area contributed by atoms with Crippen molar-refractivity contribution in [3.05, 3.63) is 125 Å². The van der Waals surface area contributed by atoms with E-state index in [0.717, 1.165) is 56.5 Å². The second-order valence-electron chi connectivity index (χ2n) is 17.6. The smallest absolute Gasteiger partial charge is 0.269 e. The van der Waals surface area contributed by atoms with Crippen molar-refractivity contribution >= 4 is 32.3 Å². The molecule has 16 heteroatoms. The lowest BCUT2D eigenvalue weighted by molar-refractivity contribution is -0.384. The Labute approximate surface area is 386 Å². The predicted octanol–water partition coefficient (Wildman–Crippen LogP) is 7.77. The molecule has 4 aliphatic rings. The number of fused-ring (bicyclic) bond motifs is 3. The quantitative estimate of drug-likeness (QED) is 0.0229. The average molecular weight is 924 g/mol. The molecular formula is C50H61N5O10S. The molecule has 2 aliphatic heterocycles. The van der Waals surface area contributed by atoms with Crippen LogP contribution in [0.3, 0.4) is 0 Å². The van der Waals surface area contributed by atoms with E-state index < -0.39 is 32.7 Å². The number of sulfonamides is 1. The molecule has 3 aromatic carbocycles. The zero-order valence-electron chi connectivity index (χ0n) is 37.6. The molecule has 1 saturated carbocycles. The molecule has 2 fully saturated rings. The molecule has 4 aromatic rings. The Balaban J connectivity index is 1.33. The first-order chi connectivity index (χ1) is 32.1. The number of nitro benzene ring substituents is 1. The van der Waals surface area contributed by atoms with Gasteiger partial charge in [-0.25, -0.2) is 8.42 Å². The Kier molecular flexibility index (Phi) is 15.2. The first-order valence-corrected chi connectivity index (χ1v) is 24.7. The van der Waals surface area contributed by atoms with Crippen molar-refractivity contribution in [1.82, 2.24) is 14.2 Å². The van der Waals surface area contributed by atoms with Gasteiger partial charge in [-0.2, -0.15) is 4.31 Å². The third kappa shape index (κ3) is 9.90. The second kappa shape index (κ2) is 21.2. The monoisotopic (exact) mass is 923 g/mol. The van der Waals surface area contributed by atoms with Crippen molar-refractivity contribution in [3.8, 4) is 11.5 Å². The van der Waals surface area contributed by atoms with Crippen LogP contribution >= 0.6 is 0 Å². The summed E-state index contributed by atoms with van der Waals surface area (Å²) in [5, 5.41) is 36.9. The fraction of sp³-hybridized carbons (Fsp3) is 0.480. The van der Waals surface area contributed by atoms with Crippen LogP contribution < -0.4 is 9.47 Å². The summed E-state index contributed by atoms with van der Waals surface area (Å²) in [5.41, 5.74) is 3.27. The maximum absolute atomic E-state index is 15.6. The van der Waals surface area contributed by atoms with E-state index in [9.17, 15) is 20.3 Å². The number of nitrogens with zero attached hydrogens (tertiary/aromatic N) is 5. The minimum atomic E-state index is -4.34. The van der Waals surface area contributed by atoms with Gasteiger partial charge in [-0.05, 0) is 97.5 Å². The molecule has 15 nitrogen and oxygen atoms in total. The number of ether oxygens (including phenoxy) is 3. The molecule has 8 rings (SSSR count). The summed E-state index contributed by atoms with van der Waals surface area (Å²) in [6.07, 6.45) is 10.3. The van der Waals surface area contributed by atoms with E-state index in [-0.39, 0.29) is 67.7 Å². The number of unbranched alkanes of at least 4 members (excludes halogenated alkanes) is 2. The highest BCUT2D eigenvalue weighted by molar-refractivity contribution is 7.89. The Hall–Kier alpha value is -5.23. The molecule has 0 radical (unpaired) electrons. The number of aromatic nitrogens is 1. The van der Waals surface area contributed by atoms with Crippen molar-refractivity contribution in [2.24, 2.45) is 22.9 Å². The van der Waals surface area contributed by atoms with Gasteiger partial charge in [-0.3, -0.25) is 20.0 Å². The number of pyridine rings is 1. The number of non-ortho nitro benzene ring substituents is 1. The summed E-state index contributed by atoms with van der Waals surface area (Å²) in [6, 6.07) is 19.8. The summed E-state index contributed by atoms with van der Waals surface area (Å²) in [5.74, 6) is -1.29. The number of hydrogen-bond acceptors (Lipinski definition) is 13. The van der Waals surface area contributed by atoms with E-state index in [4.69, 9.17) is 24.2 Å². The van der Waals surface area contributed by atoms with Gasteiger partial charge < -0.3 is 29.3 Å². The highest BCUT2D eigenvalue weighted by Gasteiger charge is 2.66. The van der Waals surface area contributed by atoms with Gasteiger partial charge in [0, 0.05) is 81.0 Å². The highest BCUT2D eigenvalue weighted by atomic mass is 32.2. The predicted molar refractivity (Wildman–Crippen MR) is 251 cm³/mol. The summed E-state index contributed by atoms with van der Waals surface area (Å²) < 4.78 is 53.6. The molecule has 6 atom stereocenters. The number of allylic oxidation sites excluding steroid dienone is 1. The Morgan fingerprint density at radius 3 is 2.55 bits per heavy atom. The minimum absolute atomic E-state index is 0.00422. The number of hydrogen-bond donors (Lipinski definition) is 2. The molecule has 6 unspecified atom stereocenters. The molecule has 1 saturated heterocycles. The topological polar surface area (TPSA) is 186 Å². The van der Waals surface area contributed by atoms with E-state index in [2.05, 4.69) is 28.6 Å². The fourth-order valence-corrected chi connectivity index (χ4v) is 12.2. The van der Waals surface area contributed by atoms with Crippen LogP contribution in [0, 0.1) is 27.9 Å². The van der Waals surface area contributed by atoms with Crippen LogP contribution in [0.25, 0.3) is 10.9 Å². The minimum Gasteiger partial charge on any atom is -0.492 e. The van der Waals surface area contributed by atoms with Gasteiger partial charge in [-0.15, -0.1) is 6.58 Å². The van der Waals surface area contributed by atoms with Crippen molar-refractivity contribution in [3.63, 3.8) is 0 Å². The molecule has 352 valence electrons. The third-order valence-electron chi connectivity index (χ3n) is 13.4. The molecule has 2 aliphatic carbocycles. The van der Waals surface area contributed by atoms with Gasteiger partial charge >= 0.3 is 0 Å². The maximum Gasteiger partial charge on any atom is 0.269 e. The van der Waals surface area contributed by atoms with Crippen LogP contribution in [-0.2, 0) is 26.2 Å². The molecule has 1 aromatic heterocycles. The van der Waals surface area contributed by atoms with Crippen LogP contribution in [0.4, 0.5) is 5.69 Å². The second-order valence-corrected chi connectivity index (χ2v) is 19.5. The largest absolute Gasteiger partial charge is 0.492 e. The number of rotatable bonds is 24. The van der Waals surface area contributed by atoms with E-state index >= 15 is 8.42 Å². The lowest BCUT2D eigenvalue weighted by atomic mass is 9.55. The zero-order valence-corrected chi connectivity index (χ0v) is 38.4. The third-order valence-corrected chi connectivity index (χ3v) is 15.3. The van der Waals surface area contributed by atoms with Crippen molar-refractivity contribution in [2.75, 3.05) is 52.6 Å². The first kappa shape index (κ1) is 47.3. The molecule has 0 bridgehead atoms.